The van der Waals surface area contributed by atoms with Crippen LogP contribution < -0.4 is 15.4 Å². The Kier molecular flexibility index (Phi) is 6.91. The van der Waals surface area contributed by atoms with Crippen molar-refractivity contribution in [1.82, 2.24) is 5.32 Å². The van der Waals surface area contributed by atoms with Crippen LogP contribution in [0.5, 0.6) is 5.75 Å². The van der Waals surface area contributed by atoms with Crippen LogP contribution in [0, 0.1) is 0 Å². The number of hydrogen-bond donors (Lipinski definition) is 2. The average Bonchev–Trinajstić information content (AvgIpc) is 2.74. The maximum atomic E-state index is 12.6. The molecule has 0 saturated heterocycles. The van der Waals surface area contributed by atoms with Crippen molar-refractivity contribution >= 4 is 28.9 Å². The van der Waals surface area contributed by atoms with E-state index >= 15 is 0 Å². The van der Waals surface area contributed by atoms with Crippen LogP contribution in [-0.2, 0) is 6.18 Å². The van der Waals surface area contributed by atoms with Gasteiger partial charge in [-0.15, -0.1) is 0 Å². The Bertz CT molecular complexity index is 1050. The van der Waals surface area contributed by atoms with Gasteiger partial charge in [-0.1, -0.05) is 36.4 Å². The van der Waals surface area contributed by atoms with Crippen molar-refractivity contribution in [2.45, 2.75) is 19.2 Å². The van der Waals surface area contributed by atoms with E-state index in [9.17, 15) is 18.0 Å². The van der Waals surface area contributed by atoms with Crippen molar-refractivity contribution in [3.63, 3.8) is 0 Å². The van der Waals surface area contributed by atoms with E-state index in [1.807, 2.05) is 37.3 Å². The highest BCUT2D eigenvalue weighted by atomic mass is 32.1. The molecule has 31 heavy (non-hydrogen) atoms. The third-order valence-electron chi connectivity index (χ3n) is 4.38. The van der Waals surface area contributed by atoms with Crippen LogP contribution in [-0.4, -0.2) is 11.0 Å². The highest BCUT2D eigenvalue weighted by Gasteiger charge is 2.30. The number of thiocarbonyl (C=S) groups is 1. The van der Waals surface area contributed by atoms with Crippen molar-refractivity contribution in [1.29, 1.82) is 0 Å². The van der Waals surface area contributed by atoms with Crippen molar-refractivity contribution < 1.29 is 22.7 Å². The van der Waals surface area contributed by atoms with Gasteiger partial charge >= 0.3 is 6.18 Å². The molecule has 0 radical (unpaired) electrons. The van der Waals surface area contributed by atoms with Crippen molar-refractivity contribution in [3.8, 4) is 5.75 Å². The lowest BCUT2D eigenvalue weighted by molar-refractivity contribution is -0.137. The molecule has 0 saturated carbocycles. The van der Waals surface area contributed by atoms with Crippen LogP contribution in [0.2, 0.25) is 0 Å². The maximum Gasteiger partial charge on any atom is 0.416 e. The molecule has 0 unspecified atom stereocenters. The first kappa shape index (κ1) is 22.3. The topological polar surface area (TPSA) is 50.4 Å². The highest BCUT2D eigenvalue weighted by molar-refractivity contribution is 7.80. The minimum atomic E-state index is -4.46. The van der Waals surface area contributed by atoms with Crippen LogP contribution >= 0.6 is 12.2 Å². The number of carbonyl (C=O) groups excluding carboxylic acids is 1. The third kappa shape index (κ3) is 6.29. The van der Waals surface area contributed by atoms with Gasteiger partial charge in [-0.25, -0.2) is 0 Å². The molecular weight excluding hydrogens is 425 g/mol. The summed E-state index contributed by atoms with van der Waals surface area (Å²) in [4.78, 5) is 12.2. The molecule has 160 valence electrons. The number of ether oxygens (including phenoxy) is 1. The van der Waals surface area contributed by atoms with Gasteiger partial charge in [0.25, 0.3) is 5.91 Å². The fraction of sp³-hybridized carbons (Fsp3) is 0.130. The number of hydrogen-bond acceptors (Lipinski definition) is 3. The number of benzene rings is 3. The third-order valence-corrected chi connectivity index (χ3v) is 4.58. The zero-order chi connectivity index (χ0) is 22.4. The Labute approximate surface area is 183 Å². The molecule has 0 heterocycles. The number of amides is 1. The monoisotopic (exact) mass is 444 g/mol. The van der Waals surface area contributed by atoms with E-state index in [0.29, 0.717) is 11.4 Å². The molecule has 0 spiro atoms. The minimum absolute atomic E-state index is 0.0122. The van der Waals surface area contributed by atoms with E-state index in [1.54, 1.807) is 24.3 Å². The molecule has 0 aliphatic heterocycles. The largest absolute Gasteiger partial charge is 0.486 e. The predicted octanol–water partition coefficient (Wildman–Crippen LogP) is 5.97. The first-order valence-corrected chi connectivity index (χ1v) is 9.74. The van der Waals surface area contributed by atoms with Crippen molar-refractivity contribution in [3.05, 3.63) is 95.6 Å². The summed E-state index contributed by atoms with van der Waals surface area (Å²) in [6, 6.07) is 20.7. The molecule has 0 fully saturated rings. The molecule has 4 nitrogen and oxygen atoms in total. The normalized spacial score (nSPS) is 12.0. The molecule has 3 aromatic rings. The summed E-state index contributed by atoms with van der Waals surface area (Å²) in [5.74, 6) is -0.00505. The highest BCUT2D eigenvalue weighted by Crippen LogP contribution is 2.29. The van der Waals surface area contributed by atoms with E-state index in [2.05, 4.69) is 10.6 Å². The summed E-state index contributed by atoms with van der Waals surface area (Å²) < 4.78 is 43.9. The standard InChI is InChI=1S/C23H19F3N2O2S/c1-15(16-6-3-2-4-7-16)30-20-9-5-8-19(14-20)27-22(31)28-21(29)17-10-12-18(13-11-17)23(24,25)26/h2-15H,1H3,(H2,27,28,29,31)/t15-/m0/s1. The second-order valence-corrected chi connectivity index (χ2v) is 7.09. The summed E-state index contributed by atoms with van der Waals surface area (Å²) in [7, 11) is 0. The zero-order valence-corrected chi connectivity index (χ0v) is 17.3. The minimum Gasteiger partial charge on any atom is -0.486 e. The maximum absolute atomic E-state index is 12.6. The molecule has 1 amide bonds. The van der Waals surface area contributed by atoms with Gasteiger partial charge in [0, 0.05) is 17.3 Å². The fourth-order valence-corrected chi connectivity index (χ4v) is 3.00. The van der Waals surface area contributed by atoms with Gasteiger partial charge in [-0.3, -0.25) is 10.1 Å². The predicted molar refractivity (Wildman–Crippen MR) is 117 cm³/mol. The van der Waals surface area contributed by atoms with Gasteiger partial charge in [-0.2, -0.15) is 13.2 Å². The van der Waals surface area contributed by atoms with Crippen LogP contribution in [0.25, 0.3) is 0 Å². The molecule has 0 aromatic heterocycles. The van der Waals surface area contributed by atoms with Crippen LogP contribution in [0.15, 0.2) is 78.9 Å². The second kappa shape index (κ2) is 9.61. The number of carbonyl (C=O) groups is 1. The molecule has 2 N–H and O–H groups in total. The lowest BCUT2D eigenvalue weighted by Gasteiger charge is -2.16. The summed E-state index contributed by atoms with van der Waals surface area (Å²) >= 11 is 5.14. The molecule has 0 bridgehead atoms. The van der Waals surface area contributed by atoms with Gasteiger partial charge in [0.05, 0.1) is 5.56 Å². The zero-order valence-electron chi connectivity index (χ0n) is 16.4. The Morgan fingerprint density at radius 2 is 1.65 bits per heavy atom. The second-order valence-electron chi connectivity index (χ2n) is 6.68. The number of anilines is 1. The Hall–Kier alpha value is -3.39. The SMILES string of the molecule is C[C@H](Oc1cccc(NC(=S)NC(=O)c2ccc(C(F)(F)F)cc2)c1)c1ccccc1. The van der Waals surface area contributed by atoms with Crippen LogP contribution in [0.3, 0.4) is 0 Å². The molecule has 0 aliphatic carbocycles. The van der Waals surface area contributed by atoms with E-state index in [-0.39, 0.29) is 16.8 Å². The molecule has 8 heteroatoms. The summed E-state index contributed by atoms with van der Waals surface area (Å²) in [5, 5.41) is 5.33. The molecule has 3 aromatic carbocycles. The van der Waals surface area contributed by atoms with Crippen molar-refractivity contribution in [2.75, 3.05) is 5.32 Å². The molecule has 3 rings (SSSR count). The van der Waals surface area contributed by atoms with Gasteiger partial charge in [0.2, 0.25) is 0 Å². The van der Waals surface area contributed by atoms with Gasteiger partial charge < -0.3 is 10.1 Å². The van der Waals surface area contributed by atoms with Gasteiger partial charge in [0.15, 0.2) is 5.11 Å². The average molecular weight is 444 g/mol. The number of nitrogens with one attached hydrogen (secondary N) is 2. The lowest BCUT2D eigenvalue weighted by Crippen LogP contribution is -2.34. The van der Waals surface area contributed by atoms with E-state index in [1.165, 1.54) is 0 Å². The smallest absolute Gasteiger partial charge is 0.416 e. The Morgan fingerprint density at radius 3 is 2.29 bits per heavy atom. The van der Waals surface area contributed by atoms with Crippen molar-refractivity contribution in [2.24, 2.45) is 0 Å². The Morgan fingerprint density at radius 1 is 0.968 bits per heavy atom. The fourth-order valence-electron chi connectivity index (χ4n) is 2.79. The molecule has 0 aliphatic rings. The van der Waals surface area contributed by atoms with E-state index in [4.69, 9.17) is 17.0 Å². The van der Waals surface area contributed by atoms with Crippen LogP contribution in [0.4, 0.5) is 18.9 Å². The number of halogens is 3. The lowest BCUT2D eigenvalue weighted by atomic mass is 10.1. The summed E-state index contributed by atoms with van der Waals surface area (Å²) in [5.41, 5.74) is 0.855. The van der Waals surface area contributed by atoms with Gasteiger partial charge in [-0.05, 0) is 61.1 Å². The van der Waals surface area contributed by atoms with Crippen LogP contribution in [0.1, 0.15) is 34.5 Å². The number of rotatable bonds is 5. The Balaban J connectivity index is 1.59. The first-order valence-electron chi connectivity index (χ1n) is 9.33. The summed E-state index contributed by atoms with van der Waals surface area (Å²) in [6.45, 7) is 1.93. The number of alkyl halides is 3. The first-order chi connectivity index (χ1) is 14.7. The van der Waals surface area contributed by atoms with Gasteiger partial charge in [0.1, 0.15) is 11.9 Å². The molecule has 1 atom stereocenters. The quantitative estimate of drug-likeness (QED) is 0.476. The van der Waals surface area contributed by atoms with E-state index < -0.39 is 17.6 Å². The molecular formula is C23H19F3N2O2S. The summed E-state index contributed by atoms with van der Waals surface area (Å²) in [6.07, 6.45) is -4.63. The van der Waals surface area contributed by atoms with E-state index in [0.717, 1.165) is 29.8 Å².